The molecule has 0 radical (unpaired) electrons. The second-order valence-corrected chi connectivity index (χ2v) is 7.46. The molecule has 1 amide bonds. The maximum Gasteiger partial charge on any atom is 0.229 e. The predicted octanol–water partition coefficient (Wildman–Crippen LogP) is 3.23. The number of rotatable bonds is 7. The van der Waals surface area contributed by atoms with E-state index in [-0.39, 0.29) is 35.9 Å². The van der Waals surface area contributed by atoms with Crippen molar-refractivity contribution in [1.29, 1.82) is 0 Å². The van der Waals surface area contributed by atoms with Gasteiger partial charge in [-0.15, -0.1) is 24.0 Å². The summed E-state index contributed by atoms with van der Waals surface area (Å²) >= 11 is 0. The van der Waals surface area contributed by atoms with Gasteiger partial charge in [0.2, 0.25) is 5.91 Å². The molecule has 162 valence electrons. The van der Waals surface area contributed by atoms with Crippen molar-refractivity contribution in [2.45, 2.75) is 32.5 Å². The summed E-state index contributed by atoms with van der Waals surface area (Å²) in [6.45, 7) is 5.46. The molecule has 1 unspecified atom stereocenters. The number of nitrogens with zero attached hydrogens (tertiary/aromatic N) is 3. The average Bonchev–Trinajstić information content (AvgIpc) is 3.12. The van der Waals surface area contributed by atoms with Crippen LogP contribution in [0.2, 0.25) is 0 Å². The number of hydrogen-bond acceptors (Lipinski definition) is 3. The van der Waals surface area contributed by atoms with Crippen molar-refractivity contribution in [2.75, 3.05) is 32.1 Å². The molecule has 2 aromatic carbocycles. The topological polar surface area (TPSA) is 60.0 Å². The van der Waals surface area contributed by atoms with E-state index in [0.29, 0.717) is 25.5 Å². The summed E-state index contributed by atoms with van der Waals surface area (Å²) in [5.74, 6) is 0.852. The van der Waals surface area contributed by atoms with Crippen molar-refractivity contribution in [1.82, 2.24) is 15.5 Å². The highest BCUT2D eigenvalue weighted by Gasteiger charge is 2.30. The quantitative estimate of drug-likeness (QED) is 0.334. The number of carbonyl (C=O) groups excluding carboxylic acids is 1. The Morgan fingerprint density at radius 3 is 2.60 bits per heavy atom. The first kappa shape index (κ1) is 24.1. The number of amides is 1. The van der Waals surface area contributed by atoms with E-state index in [4.69, 9.17) is 0 Å². The van der Waals surface area contributed by atoms with E-state index in [0.717, 1.165) is 18.8 Å². The van der Waals surface area contributed by atoms with E-state index >= 15 is 0 Å². The zero-order valence-corrected chi connectivity index (χ0v) is 20.3. The molecule has 7 heteroatoms. The van der Waals surface area contributed by atoms with E-state index in [1.165, 1.54) is 11.1 Å². The van der Waals surface area contributed by atoms with Crippen molar-refractivity contribution >= 4 is 41.5 Å². The number of aliphatic imine (C=N–C) groups is 1. The van der Waals surface area contributed by atoms with Gasteiger partial charge in [-0.3, -0.25) is 9.79 Å². The first-order chi connectivity index (χ1) is 14.1. The van der Waals surface area contributed by atoms with E-state index in [9.17, 15) is 4.79 Å². The third kappa shape index (κ3) is 6.70. The molecule has 3 rings (SSSR count). The van der Waals surface area contributed by atoms with Crippen LogP contribution in [0.5, 0.6) is 0 Å². The predicted molar refractivity (Wildman–Crippen MR) is 134 cm³/mol. The summed E-state index contributed by atoms with van der Waals surface area (Å²) in [7, 11) is 3.88. The summed E-state index contributed by atoms with van der Waals surface area (Å²) in [6.07, 6.45) is 0.467. The van der Waals surface area contributed by atoms with Crippen LogP contribution < -0.4 is 15.5 Å². The molecule has 1 fully saturated rings. The van der Waals surface area contributed by atoms with Crippen LogP contribution in [0.25, 0.3) is 0 Å². The average molecular weight is 521 g/mol. The van der Waals surface area contributed by atoms with Crippen LogP contribution >= 0.6 is 24.0 Å². The van der Waals surface area contributed by atoms with Gasteiger partial charge in [0.05, 0.1) is 6.04 Å². The van der Waals surface area contributed by atoms with Gasteiger partial charge in [-0.25, -0.2) is 0 Å². The minimum atomic E-state index is 0. The lowest BCUT2D eigenvalue weighted by molar-refractivity contribution is -0.117. The zero-order valence-electron chi connectivity index (χ0n) is 18.0. The maximum absolute atomic E-state index is 12.4. The number of carbonyl (C=O) groups is 1. The van der Waals surface area contributed by atoms with E-state index in [1.807, 2.05) is 35.2 Å². The first-order valence-electron chi connectivity index (χ1n) is 10.2. The summed E-state index contributed by atoms with van der Waals surface area (Å²) in [6, 6.07) is 18.4. The van der Waals surface area contributed by atoms with Crippen molar-refractivity contribution in [3.63, 3.8) is 0 Å². The fourth-order valence-corrected chi connectivity index (χ4v) is 3.50. The Balaban J connectivity index is 0.00000320. The van der Waals surface area contributed by atoms with Crippen LogP contribution in [0.15, 0.2) is 59.6 Å². The third-order valence-corrected chi connectivity index (χ3v) is 5.20. The van der Waals surface area contributed by atoms with Gasteiger partial charge in [-0.05, 0) is 36.9 Å². The monoisotopic (exact) mass is 521 g/mol. The molecule has 0 spiro atoms. The molecule has 2 aromatic rings. The van der Waals surface area contributed by atoms with Gasteiger partial charge in [0.25, 0.3) is 0 Å². The molecular formula is C23H32IN5O. The highest BCUT2D eigenvalue weighted by Crippen LogP contribution is 2.21. The molecule has 0 bridgehead atoms. The lowest BCUT2D eigenvalue weighted by Gasteiger charge is -2.19. The largest absolute Gasteiger partial charge is 0.352 e. The second-order valence-electron chi connectivity index (χ2n) is 7.46. The normalized spacial score (nSPS) is 16.5. The summed E-state index contributed by atoms with van der Waals surface area (Å²) < 4.78 is 0. The Kier molecular flexibility index (Phi) is 9.58. The molecular weight excluding hydrogens is 489 g/mol. The molecule has 2 N–H and O–H groups in total. The standard InChI is InChI=1S/C23H31N5O.HI/c1-4-27(3)16-19-10-8-9-18(13-19)15-25-23(24-2)26-20-14-22(29)28(17-20)21-11-6-5-7-12-21;/h5-13,20H,4,14-17H2,1-3H3,(H2,24,25,26);1H. The summed E-state index contributed by atoms with van der Waals surface area (Å²) in [5, 5.41) is 6.76. The summed E-state index contributed by atoms with van der Waals surface area (Å²) in [4.78, 5) is 20.8. The highest BCUT2D eigenvalue weighted by molar-refractivity contribution is 14.0. The molecule has 0 aliphatic carbocycles. The van der Waals surface area contributed by atoms with E-state index in [1.54, 1.807) is 7.05 Å². The van der Waals surface area contributed by atoms with Gasteiger partial charge < -0.3 is 20.4 Å². The highest BCUT2D eigenvalue weighted by atomic mass is 127. The number of nitrogens with one attached hydrogen (secondary N) is 2. The van der Waals surface area contributed by atoms with Gasteiger partial charge in [0.15, 0.2) is 5.96 Å². The fourth-order valence-electron chi connectivity index (χ4n) is 3.50. The number of benzene rings is 2. The van der Waals surface area contributed by atoms with Crippen molar-refractivity contribution in [3.8, 4) is 0 Å². The Labute approximate surface area is 196 Å². The molecule has 1 aliphatic heterocycles. The number of halogens is 1. The summed E-state index contributed by atoms with van der Waals surface area (Å²) in [5.41, 5.74) is 3.46. The van der Waals surface area contributed by atoms with E-state index < -0.39 is 0 Å². The zero-order chi connectivity index (χ0) is 20.6. The van der Waals surface area contributed by atoms with Crippen LogP contribution in [0.4, 0.5) is 5.69 Å². The molecule has 0 aromatic heterocycles. The second kappa shape index (κ2) is 11.9. The molecule has 30 heavy (non-hydrogen) atoms. The molecule has 1 atom stereocenters. The number of anilines is 1. The van der Waals surface area contributed by atoms with Gasteiger partial charge in [0, 0.05) is 38.8 Å². The van der Waals surface area contributed by atoms with Gasteiger partial charge in [-0.2, -0.15) is 0 Å². The Morgan fingerprint density at radius 2 is 1.90 bits per heavy atom. The number of hydrogen-bond donors (Lipinski definition) is 2. The first-order valence-corrected chi connectivity index (χ1v) is 10.2. The molecule has 1 heterocycles. The smallest absolute Gasteiger partial charge is 0.229 e. The minimum absolute atomic E-state index is 0. The number of para-hydroxylation sites is 1. The van der Waals surface area contributed by atoms with Crippen LogP contribution in [0.1, 0.15) is 24.5 Å². The number of guanidine groups is 1. The molecule has 1 aliphatic rings. The van der Waals surface area contributed by atoms with Gasteiger partial charge in [-0.1, -0.05) is 49.4 Å². The Morgan fingerprint density at radius 1 is 1.17 bits per heavy atom. The van der Waals surface area contributed by atoms with Gasteiger partial charge >= 0.3 is 0 Å². The minimum Gasteiger partial charge on any atom is -0.352 e. The molecule has 1 saturated heterocycles. The Hall–Kier alpha value is -2.13. The Bertz CT molecular complexity index is 842. The van der Waals surface area contributed by atoms with E-state index in [2.05, 4.69) is 58.8 Å². The van der Waals surface area contributed by atoms with Crippen LogP contribution in [-0.4, -0.2) is 50.0 Å². The SMILES string of the molecule is CCN(C)Cc1cccc(CNC(=NC)NC2CC(=O)N(c3ccccc3)C2)c1.I. The lowest BCUT2D eigenvalue weighted by Crippen LogP contribution is -2.44. The van der Waals surface area contributed by atoms with Crippen LogP contribution in [0.3, 0.4) is 0 Å². The lowest BCUT2D eigenvalue weighted by atomic mass is 10.1. The van der Waals surface area contributed by atoms with Gasteiger partial charge in [0.1, 0.15) is 0 Å². The van der Waals surface area contributed by atoms with Crippen LogP contribution in [-0.2, 0) is 17.9 Å². The molecule has 0 saturated carbocycles. The third-order valence-electron chi connectivity index (χ3n) is 5.20. The molecule has 6 nitrogen and oxygen atoms in total. The van der Waals surface area contributed by atoms with Crippen molar-refractivity contribution in [2.24, 2.45) is 4.99 Å². The van der Waals surface area contributed by atoms with Crippen molar-refractivity contribution in [3.05, 3.63) is 65.7 Å². The maximum atomic E-state index is 12.4. The van der Waals surface area contributed by atoms with Crippen LogP contribution in [0, 0.1) is 0 Å². The fraction of sp³-hybridized carbons (Fsp3) is 0.391. The van der Waals surface area contributed by atoms with Crippen molar-refractivity contribution < 1.29 is 4.79 Å².